The van der Waals surface area contributed by atoms with Crippen molar-refractivity contribution in [2.24, 2.45) is 0 Å². The zero-order chi connectivity index (χ0) is 18.9. The second-order valence-electron chi connectivity index (χ2n) is 5.71. The van der Waals surface area contributed by atoms with Crippen molar-refractivity contribution in [1.82, 2.24) is 0 Å². The Hall–Kier alpha value is -0.770. The first-order chi connectivity index (χ1) is 10.9. The Bertz CT molecular complexity index is 356. The van der Waals surface area contributed by atoms with Crippen LogP contribution in [0.2, 0.25) is 0 Å². The van der Waals surface area contributed by atoms with Crippen LogP contribution in [0, 0.1) is 0 Å². The van der Waals surface area contributed by atoms with Crippen molar-refractivity contribution < 1.29 is 61.0 Å². The number of aliphatic hydroxyl groups is 11. The smallest absolute Gasteiger partial charge is 0.195 e. The summed E-state index contributed by atoms with van der Waals surface area (Å²) in [4.78, 5) is 10.8. The average Bonchev–Trinajstić information content (AvgIpc) is 2.58. The van der Waals surface area contributed by atoms with Gasteiger partial charge in [-0.05, 0) is 0 Å². The number of aliphatic hydroxyl groups excluding tert-OH is 11. The predicted molar refractivity (Wildman–Crippen MR) is 71.1 cm³/mol. The van der Waals surface area contributed by atoms with Crippen LogP contribution in [0.1, 0.15) is 0 Å². The molecule has 0 amide bonds. The third kappa shape index (κ3) is 3.89. The van der Waals surface area contributed by atoms with E-state index in [0.29, 0.717) is 0 Å². The molecule has 0 aliphatic heterocycles. The first kappa shape index (κ1) is 21.3. The van der Waals surface area contributed by atoms with E-state index in [1.54, 1.807) is 0 Å². The van der Waals surface area contributed by atoms with Gasteiger partial charge in [-0.1, -0.05) is 0 Å². The largest absolute Gasteiger partial charge is 0.387 e. The van der Waals surface area contributed by atoms with Crippen LogP contribution in [-0.4, -0.2) is 129 Å². The van der Waals surface area contributed by atoms with Crippen LogP contribution in [0.3, 0.4) is 0 Å². The molecular weight excluding hydrogens is 336 g/mol. The number of carbonyl (C=O) groups is 1. The third-order valence-corrected chi connectivity index (χ3v) is 4.03. The highest BCUT2D eigenvalue weighted by Gasteiger charge is 2.48. The van der Waals surface area contributed by atoms with Crippen molar-refractivity contribution in [2.45, 2.75) is 67.1 Å². The van der Waals surface area contributed by atoms with Gasteiger partial charge in [-0.3, -0.25) is 4.79 Å². The van der Waals surface area contributed by atoms with E-state index >= 15 is 0 Å². The zero-order valence-electron chi connectivity index (χ0n) is 12.2. The Morgan fingerprint density at radius 1 is 0.375 bits per heavy atom. The lowest BCUT2D eigenvalue weighted by Crippen LogP contribution is -2.63. The fourth-order valence-corrected chi connectivity index (χ4v) is 2.30. The fourth-order valence-electron chi connectivity index (χ4n) is 2.30. The van der Waals surface area contributed by atoms with E-state index in [1.807, 2.05) is 0 Å². The molecule has 0 spiro atoms. The molecule has 2 rings (SSSR count). The first-order valence-electron chi connectivity index (χ1n) is 6.95. The normalized spacial score (nSPS) is 52.5. The van der Waals surface area contributed by atoms with E-state index in [2.05, 4.69) is 0 Å². The summed E-state index contributed by atoms with van der Waals surface area (Å²) in [6, 6.07) is 0. The second-order valence-corrected chi connectivity index (χ2v) is 5.71. The maximum Gasteiger partial charge on any atom is 0.195 e. The summed E-state index contributed by atoms with van der Waals surface area (Å²) in [7, 11) is 0. The lowest BCUT2D eigenvalue weighted by Gasteiger charge is -2.39. The van der Waals surface area contributed by atoms with Gasteiger partial charge in [0.1, 0.15) is 67.1 Å². The van der Waals surface area contributed by atoms with E-state index in [1.165, 1.54) is 0 Å². The average molecular weight is 358 g/mol. The highest BCUT2D eigenvalue weighted by molar-refractivity contribution is 5.89. The molecule has 0 radical (unpaired) electrons. The van der Waals surface area contributed by atoms with Gasteiger partial charge in [0.2, 0.25) is 0 Å². The highest BCUT2D eigenvalue weighted by Crippen LogP contribution is 2.21. The van der Waals surface area contributed by atoms with Gasteiger partial charge < -0.3 is 56.2 Å². The minimum absolute atomic E-state index is 1.08. The molecule has 2 aliphatic rings. The van der Waals surface area contributed by atoms with Crippen molar-refractivity contribution in [3.63, 3.8) is 0 Å². The molecule has 0 aromatic rings. The summed E-state index contributed by atoms with van der Waals surface area (Å²) in [6.45, 7) is 0. The van der Waals surface area contributed by atoms with Crippen LogP contribution in [0.15, 0.2) is 0 Å². The topological polar surface area (TPSA) is 240 Å². The Balaban J connectivity index is 0.000000240. The summed E-state index contributed by atoms with van der Waals surface area (Å²) >= 11 is 0. The fraction of sp³-hybridized carbons (Fsp3) is 0.917. The van der Waals surface area contributed by atoms with Crippen LogP contribution in [0.4, 0.5) is 0 Å². The second kappa shape index (κ2) is 8.07. The number of carbonyl (C=O) groups excluding carboxylic acids is 1. The molecule has 2 aliphatic carbocycles. The molecule has 4 unspecified atom stereocenters. The number of hydrogen-bond donors (Lipinski definition) is 11. The van der Waals surface area contributed by atoms with Gasteiger partial charge in [0.05, 0.1) is 0 Å². The summed E-state index contributed by atoms with van der Waals surface area (Å²) < 4.78 is 0. The molecule has 5 atom stereocenters. The predicted octanol–water partition coefficient (Wildman–Crippen LogP) is -7.46. The van der Waals surface area contributed by atoms with Crippen molar-refractivity contribution in [1.29, 1.82) is 0 Å². The summed E-state index contributed by atoms with van der Waals surface area (Å²) in [5.74, 6) is -1.08. The Morgan fingerprint density at radius 3 is 0.750 bits per heavy atom. The lowest BCUT2D eigenvalue weighted by molar-refractivity contribution is -0.223. The van der Waals surface area contributed by atoms with Crippen molar-refractivity contribution >= 4 is 5.78 Å². The van der Waals surface area contributed by atoms with Crippen molar-refractivity contribution in [2.75, 3.05) is 0 Å². The molecule has 2 fully saturated rings. The summed E-state index contributed by atoms with van der Waals surface area (Å²) in [5.41, 5.74) is 0. The molecule has 0 saturated heterocycles. The minimum atomic E-state index is -1.83. The minimum Gasteiger partial charge on any atom is -0.387 e. The van der Waals surface area contributed by atoms with E-state index in [-0.39, 0.29) is 0 Å². The molecule has 142 valence electrons. The van der Waals surface area contributed by atoms with Gasteiger partial charge in [0.15, 0.2) is 5.78 Å². The Labute approximate surface area is 135 Å². The molecule has 11 N–H and O–H groups in total. The maximum absolute atomic E-state index is 10.8. The highest BCUT2D eigenvalue weighted by atomic mass is 16.4. The molecule has 12 nitrogen and oxygen atoms in total. The zero-order valence-corrected chi connectivity index (χ0v) is 12.2. The molecule has 0 aromatic carbocycles. The molecule has 0 heterocycles. The molecule has 24 heavy (non-hydrogen) atoms. The number of Topliss-reactive ketones (excluding diaryl/α,β-unsaturated/α-hetero) is 1. The van der Waals surface area contributed by atoms with Crippen LogP contribution in [-0.2, 0) is 4.79 Å². The number of ketones is 1. The Morgan fingerprint density at radius 2 is 0.542 bits per heavy atom. The molecule has 12 heteroatoms. The number of hydrogen-bond acceptors (Lipinski definition) is 12. The monoisotopic (exact) mass is 358 g/mol. The van der Waals surface area contributed by atoms with E-state index in [9.17, 15) is 4.79 Å². The number of rotatable bonds is 0. The summed E-state index contributed by atoms with van der Waals surface area (Å²) in [6.07, 6.45) is -18.7. The van der Waals surface area contributed by atoms with Crippen LogP contribution < -0.4 is 0 Å². The molecular formula is C12H22O12. The first-order valence-corrected chi connectivity index (χ1v) is 6.95. The van der Waals surface area contributed by atoms with Crippen molar-refractivity contribution in [3.8, 4) is 0 Å². The lowest BCUT2D eigenvalue weighted by atomic mass is 9.85. The van der Waals surface area contributed by atoms with E-state index < -0.39 is 72.9 Å². The van der Waals surface area contributed by atoms with E-state index in [4.69, 9.17) is 56.2 Å². The van der Waals surface area contributed by atoms with Crippen LogP contribution in [0.5, 0.6) is 0 Å². The maximum atomic E-state index is 10.8. The SMILES string of the molecule is O=C1C(O)C(O)C(O)[C@H](O)C1O.OC1C(O)C(O)C(O)C(O)C1O. The van der Waals surface area contributed by atoms with Gasteiger partial charge in [0, 0.05) is 0 Å². The van der Waals surface area contributed by atoms with Crippen LogP contribution >= 0.6 is 0 Å². The molecule has 0 aromatic heterocycles. The van der Waals surface area contributed by atoms with Crippen molar-refractivity contribution in [3.05, 3.63) is 0 Å². The molecule has 2 saturated carbocycles. The van der Waals surface area contributed by atoms with Gasteiger partial charge in [-0.15, -0.1) is 0 Å². The van der Waals surface area contributed by atoms with Gasteiger partial charge in [-0.25, -0.2) is 0 Å². The standard InChI is InChI=1S/C6H12O6.C6H10O6/c2*7-1-2(8)4(10)6(12)5(11)3(1)9/h1-12H;1-5,7-11H/t;1?,2-,3?,4?,5?/m.0/s1. The Kier molecular flexibility index (Phi) is 7.16. The van der Waals surface area contributed by atoms with Gasteiger partial charge in [0.25, 0.3) is 0 Å². The summed E-state index contributed by atoms with van der Waals surface area (Å²) in [5, 5.41) is 98.3. The third-order valence-electron chi connectivity index (χ3n) is 4.03. The van der Waals surface area contributed by atoms with Gasteiger partial charge in [-0.2, -0.15) is 0 Å². The molecule has 0 bridgehead atoms. The quantitative estimate of drug-likeness (QED) is 0.193. The van der Waals surface area contributed by atoms with Crippen LogP contribution in [0.25, 0.3) is 0 Å². The van der Waals surface area contributed by atoms with Gasteiger partial charge >= 0.3 is 0 Å². The van der Waals surface area contributed by atoms with E-state index in [0.717, 1.165) is 0 Å².